The van der Waals surface area contributed by atoms with E-state index in [4.69, 9.17) is 0 Å². The zero-order chi connectivity index (χ0) is 15.6. The van der Waals surface area contributed by atoms with Crippen molar-refractivity contribution in [1.82, 2.24) is 0 Å². The molecule has 0 aliphatic heterocycles. The van der Waals surface area contributed by atoms with Crippen LogP contribution in [0.5, 0.6) is 0 Å². The van der Waals surface area contributed by atoms with Gasteiger partial charge >= 0.3 is 0 Å². The van der Waals surface area contributed by atoms with Crippen molar-refractivity contribution in [2.45, 2.75) is 6.54 Å². The summed E-state index contributed by atoms with van der Waals surface area (Å²) in [6.45, 7) is -0.113. The van der Waals surface area contributed by atoms with Gasteiger partial charge in [-0.05, 0) is 24.3 Å². The highest BCUT2D eigenvalue weighted by Gasteiger charge is 2.16. The Balaban J connectivity index is 2.26. The molecule has 110 valence electrons. The number of rotatable bonds is 4. The Hall–Kier alpha value is -2.09. The molecule has 21 heavy (non-hydrogen) atoms. The lowest BCUT2D eigenvalue weighted by Gasteiger charge is -2.09. The summed E-state index contributed by atoms with van der Waals surface area (Å²) in [5.41, 5.74) is -0.157. The summed E-state index contributed by atoms with van der Waals surface area (Å²) in [4.78, 5) is 10.3. The van der Waals surface area contributed by atoms with Crippen LogP contribution in [0.4, 0.5) is 24.5 Å². The van der Waals surface area contributed by atoms with E-state index in [-0.39, 0.29) is 23.5 Å². The molecule has 0 saturated carbocycles. The molecule has 0 aliphatic rings. The van der Waals surface area contributed by atoms with Gasteiger partial charge in [0.25, 0.3) is 5.69 Å². The van der Waals surface area contributed by atoms with Crippen molar-refractivity contribution < 1.29 is 18.1 Å². The number of anilines is 1. The van der Waals surface area contributed by atoms with Gasteiger partial charge in [0.15, 0.2) is 17.5 Å². The van der Waals surface area contributed by atoms with Gasteiger partial charge in [0.2, 0.25) is 0 Å². The van der Waals surface area contributed by atoms with E-state index in [9.17, 15) is 23.3 Å². The van der Waals surface area contributed by atoms with E-state index in [0.717, 1.165) is 12.1 Å². The van der Waals surface area contributed by atoms with Crippen LogP contribution in [0.15, 0.2) is 34.8 Å². The normalized spacial score (nSPS) is 10.5. The first kappa shape index (κ1) is 15.3. The molecule has 0 unspecified atom stereocenters. The minimum absolute atomic E-state index is 0.113. The van der Waals surface area contributed by atoms with Gasteiger partial charge in [0.1, 0.15) is 0 Å². The third-order valence-electron chi connectivity index (χ3n) is 2.74. The molecule has 2 aromatic carbocycles. The van der Waals surface area contributed by atoms with Crippen LogP contribution in [-0.4, -0.2) is 4.92 Å². The highest BCUT2D eigenvalue weighted by molar-refractivity contribution is 9.10. The predicted molar refractivity (Wildman–Crippen MR) is 74.4 cm³/mol. The van der Waals surface area contributed by atoms with Crippen molar-refractivity contribution in [3.8, 4) is 0 Å². The molecule has 0 fully saturated rings. The topological polar surface area (TPSA) is 55.2 Å². The highest BCUT2D eigenvalue weighted by Crippen LogP contribution is 2.25. The molecule has 0 atom stereocenters. The predicted octanol–water partition coefficient (Wildman–Crippen LogP) is 4.39. The highest BCUT2D eigenvalue weighted by atomic mass is 79.9. The van der Waals surface area contributed by atoms with Crippen LogP contribution in [0.25, 0.3) is 0 Å². The molecule has 8 heteroatoms. The molecule has 4 nitrogen and oxygen atoms in total. The number of hydrogen-bond donors (Lipinski definition) is 1. The third-order valence-corrected chi connectivity index (χ3v) is 3.24. The summed E-state index contributed by atoms with van der Waals surface area (Å²) in [6.07, 6.45) is 0. The maximum atomic E-state index is 13.5. The smallest absolute Gasteiger partial charge is 0.274 e. The van der Waals surface area contributed by atoms with Crippen LogP contribution in [-0.2, 0) is 6.54 Å². The van der Waals surface area contributed by atoms with Crippen LogP contribution in [0.3, 0.4) is 0 Å². The minimum atomic E-state index is -1.59. The van der Waals surface area contributed by atoms with E-state index in [1.165, 1.54) is 18.2 Å². The number of nitro benzene ring substituents is 1. The standard InChI is InChI=1S/C13H8BrF3N2O2/c14-8-1-4-11(19(20)21)7(5-8)6-18-10-3-2-9(15)12(16)13(10)17/h1-5,18H,6H2. The van der Waals surface area contributed by atoms with Crippen LogP contribution in [0.1, 0.15) is 5.56 Å². The molecule has 0 spiro atoms. The lowest BCUT2D eigenvalue weighted by Crippen LogP contribution is -2.06. The van der Waals surface area contributed by atoms with Gasteiger partial charge in [-0.15, -0.1) is 0 Å². The quantitative estimate of drug-likeness (QED) is 0.499. The monoisotopic (exact) mass is 360 g/mol. The molecule has 0 heterocycles. The summed E-state index contributed by atoms with van der Waals surface area (Å²) < 4.78 is 40.0. The zero-order valence-electron chi connectivity index (χ0n) is 10.4. The fourth-order valence-electron chi connectivity index (χ4n) is 1.73. The number of benzene rings is 2. The van der Waals surface area contributed by atoms with Crippen molar-refractivity contribution in [3.63, 3.8) is 0 Å². The Kier molecular flexibility index (Phi) is 4.46. The van der Waals surface area contributed by atoms with Crippen molar-refractivity contribution in [1.29, 1.82) is 0 Å². The Morgan fingerprint density at radius 2 is 1.86 bits per heavy atom. The molecule has 0 bridgehead atoms. The van der Waals surface area contributed by atoms with Gasteiger partial charge in [-0.1, -0.05) is 15.9 Å². The van der Waals surface area contributed by atoms with Gasteiger partial charge in [0, 0.05) is 22.6 Å². The molecule has 2 rings (SSSR count). The van der Waals surface area contributed by atoms with E-state index >= 15 is 0 Å². The number of hydrogen-bond acceptors (Lipinski definition) is 3. The average molecular weight is 361 g/mol. The fraction of sp³-hybridized carbons (Fsp3) is 0.0769. The second-order valence-corrected chi connectivity index (χ2v) is 5.02. The van der Waals surface area contributed by atoms with Gasteiger partial charge in [-0.2, -0.15) is 0 Å². The van der Waals surface area contributed by atoms with Crippen molar-refractivity contribution in [2.75, 3.05) is 5.32 Å². The SMILES string of the molecule is O=[N+]([O-])c1ccc(Br)cc1CNc1ccc(F)c(F)c1F. The first-order valence-electron chi connectivity index (χ1n) is 5.70. The van der Waals surface area contributed by atoms with Gasteiger partial charge in [-0.3, -0.25) is 10.1 Å². The first-order chi connectivity index (χ1) is 9.90. The Bertz CT molecular complexity index is 710. The summed E-state index contributed by atoms with van der Waals surface area (Å²) in [5.74, 6) is -4.26. The van der Waals surface area contributed by atoms with E-state index in [1.807, 2.05) is 0 Å². The minimum Gasteiger partial charge on any atom is -0.378 e. The molecule has 1 N–H and O–H groups in total. The van der Waals surface area contributed by atoms with Crippen molar-refractivity contribution in [2.24, 2.45) is 0 Å². The van der Waals surface area contributed by atoms with Gasteiger partial charge in [-0.25, -0.2) is 13.2 Å². The summed E-state index contributed by atoms with van der Waals surface area (Å²) in [6, 6.07) is 6.08. The van der Waals surface area contributed by atoms with Crippen LogP contribution in [0.2, 0.25) is 0 Å². The Labute approximate surface area is 125 Å². The van der Waals surface area contributed by atoms with Crippen LogP contribution >= 0.6 is 15.9 Å². The Morgan fingerprint density at radius 3 is 2.52 bits per heavy atom. The molecule has 0 radical (unpaired) electrons. The van der Waals surface area contributed by atoms with Gasteiger partial charge in [0.05, 0.1) is 10.6 Å². The molecule has 0 amide bonds. The summed E-state index contributed by atoms with van der Waals surface area (Å²) in [5, 5.41) is 13.4. The fourth-order valence-corrected chi connectivity index (χ4v) is 2.14. The maximum Gasteiger partial charge on any atom is 0.274 e. The largest absolute Gasteiger partial charge is 0.378 e. The van der Waals surface area contributed by atoms with Crippen molar-refractivity contribution >= 4 is 27.3 Å². The maximum absolute atomic E-state index is 13.5. The van der Waals surface area contributed by atoms with E-state index in [0.29, 0.717) is 4.47 Å². The van der Waals surface area contributed by atoms with Gasteiger partial charge < -0.3 is 5.32 Å². The van der Waals surface area contributed by atoms with Crippen LogP contribution in [0, 0.1) is 27.6 Å². The lowest BCUT2D eigenvalue weighted by molar-refractivity contribution is -0.385. The second-order valence-electron chi connectivity index (χ2n) is 4.11. The summed E-state index contributed by atoms with van der Waals surface area (Å²) in [7, 11) is 0. The van der Waals surface area contributed by atoms with Crippen LogP contribution < -0.4 is 5.32 Å². The van der Waals surface area contributed by atoms with E-state index in [2.05, 4.69) is 21.2 Å². The molecule has 0 saturated heterocycles. The van der Waals surface area contributed by atoms with Crippen molar-refractivity contribution in [3.05, 3.63) is 67.9 Å². The third kappa shape index (κ3) is 3.33. The first-order valence-corrected chi connectivity index (χ1v) is 6.49. The number of halogens is 4. The number of nitrogens with zero attached hydrogens (tertiary/aromatic N) is 1. The van der Waals surface area contributed by atoms with E-state index < -0.39 is 22.4 Å². The molecule has 2 aromatic rings. The lowest BCUT2D eigenvalue weighted by atomic mass is 10.1. The summed E-state index contributed by atoms with van der Waals surface area (Å²) >= 11 is 3.17. The average Bonchev–Trinajstić information content (AvgIpc) is 2.44. The second kappa shape index (κ2) is 6.13. The molecular formula is C13H8BrF3N2O2. The van der Waals surface area contributed by atoms with E-state index in [1.54, 1.807) is 0 Å². The number of nitro groups is 1. The number of nitrogens with one attached hydrogen (secondary N) is 1. The zero-order valence-corrected chi connectivity index (χ0v) is 12.0. The molecule has 0 aromatic heterocycles. The molecule has 0 aliphatic carbocycles. The Morgan fingerprint density at radius 1 is 1.14 bits per heavy atom. The molecular weight excluding hydrogens is 353 g/mol.